The number of sulfonamides is 1. The molecule has 0 radical (unpaired) electrons. The second-order valence-electron chi connectivity index (χ2n) is 4.11. The Labute approximate surface area is 115 Å². The van der Waals surface area contributed by atoms with Crippen molar-refractivity contribution in [3.8, 4) is 0 Å². The van der Waals surface area contributed by atoms with E-state index in [-0.39, 0.29) is 4.90 Å². The van der Waals surface area contributed by atoms with Gasteiger partial charge in [-0.1, -0.05) is 0 Å². The molecule has 0 amide bonds. The number of nitrogens with two attached hydrogens (primary N) is 2. The lowest BCUT2D eigenvalue weighted by Crippen LogP contribution is -2.22. The number of hydrogen-bond donors (Lipinski definition) is 2. The van der Waals surface area contributed by atoms with E-state index >= 15 is 0 Å². The zero-order valence-electron chi connectivity index (χ0n) is 10.3. The number of nitrogen functional groups attached to an aromatic ring is 1. The Hall–Kier alpha value is -1.64. The molecule has 0 unspecified atom stereocenters. The van der Waals surface area contributed by atoms with Crippen LogP contribution in [-0.2, 0) is 16.6 Å². The first-order chi connectivity index (χ1) is 8.88. The smallest absolute Gasteiger partial charge is 0.240 e. The molecule has 0 aliphatic carbocycles. The second kappa shape index (κ2) is 5.16. The Morgan fingerprint density at radius 1 is 1.42 bits per heavy atom. The minimum atomic E-state index is -3.82. The molecule has 2 aromatic rings. The monoisotopic (exact) mass is 298 g/mol. The van der Waals surface area contributed by atoms with Crippen LogP contribution in [-0.4, -0.2) is 20.4 Å². The molecule has 0 saturated carbocycles. The number of thiazole rings is 1. The summed E-state index contributed by atoms with van der Waals surface area (Å²) < 4.78 is 23.2. The minimum Gasteiger partial charge on any atom is -0.399 e. The van der Waals surface area contributed by atoms with Crippen LogP contribution in [0.4, 0.5) is 11.4 Å². The molecule has 102 valence electrons. The summed E-state index contributed by atoms with van der Waals surface area (Å²) in [6, 6.07) is 4.64. The predicted octanol–water partition coefficient (Wildman–Crippen LogP) is 1.01. The molecular weight excluding hydrogens is 284 g/mol. The van der Waals surface area contributed by atoms with Gasteiger partial charge < -0.3 is 10.6 Å². The van der Waals surface area contributed by atoms with Gasteiger partial charge in [0.2, 0.25) is 10.0 Å². The van der Waals surface area contributed by atoms with Gasteiger partial charge in [0.15, 0.2) is 0 Å². The van der Waals surface area contributed by atoms with E-state index in [0.29, 0.717) is 17.9 Å². The van der Waals surface area contributed by atoms with Crippen LogP contribution < -0.4 is 15.8 Å². The van der Waals surface area contributed by atoms with Crippen molar-refractivity contribution < 1.29 is 8.42 Å². The number of rotatable bonds is 4. The molecule has 19 heavy (non-hydrogen) atoms. The summed E-state index contributed by atoms with van der Waals surface area (Å²) in [7, 11) is -2.04. The molecule has 1 aromatic heterocycles. The third-order valence-electron chi connectivity index (χ3n) is 2.58. The topological polar surface area (TPSA) is 102 Å². The Balaban J connectivity index is 2.39. The molecule has 0 aliphatic rings. The first-order valence-electron chi connectivity index (χ1n) is 5.38. The fourth-order valence-electron chi connectivity index (χ4n) is 1.72. The van der Waals surface area contributed by atoms with Gasteiger partial charge in [-0.25, -0.2) is 18.5 Å². The molecule has 0 aliphatic heterocycles. The number of benzene rings is 1. The largest absolute Gasteiger partial charge is 0.399 e. The highest BCUT2D eigenvalue weighted by Crippen LogP contribution is 2.26. The highest BCUT2D eigenvalue weighted by molar-refractivity contribution is 7.89. The van der Waals surface area contributed by atoms with Gasteiger partial charge in [-0.05, 0) is 18.2 Å². The van der Waals surface area contributed by atoms with Gasteiger partial charge >= 0.3 is 0 Å². The summed E-state index contributed by atoms with van der Waals surface area (Å²) >= 11 is 1.49. The standard InChI is InChI=1S/C11H14N4O2S2/c1-15(5-9-6-18-7-14-9)10-3-2-8(12)4-11(10)19(13,16)17/h2-4,6-7H,5,12H2,1H3,(H2,13,16,17). The van der Waals surface area contributed by atoms with Crippen molar-refractivity contribution in [3.63, 3.8) is 0 Å². The average Bonchev–Trinajstić information content (AvgIpc) is 2.80. The van der Waals surface area contributed by atoms with E-state index in [4.69, 9.17) is 10.9 Å². The van der Waals surface area contributed by atoms with Gasteiger partial charge in [-0.3, -0.25) is 0 Å². The molecule has 4 N–H and O–H groups in total. The number of primary sulfonamides is 1. The average molecular weight is 298 g/mol. The SMILES string of the molecule is CN(Cc1cscn1)c1ccc(N)cc1S(N)(=O)=O. The Bertz CT molecular complexity index is 668. The molecule has 8 heteroatoms. The molecule has 0 fully saturated rings. The van der Waals surface area contributed by atoms with Gasteiger partial charge in [0, 0.05) is 18.1 Å². The van der Waals surface area contributed by atoms with Crippen molar-refractivity contribution in [2.24, 2.45) is 5.14 Å². The van der Waals surface area contributed by atoms with E-state index in [1.165, 1.54) is 17.4 Å². The van der Waals surface area contributed by atoms with Crippen LogP contribution in [0.2, 0.25) is 0 Å². The summed E-state index contributed by atoms with van der Waals surface area (Å²) in [5.74, 6) is 0. The van der Waals surface area contributed by atoms with Crippen molar-refractivity contribution >= 4 is 32.7 Å². The highest BCUT2D eigenvalue weighted by atomic mass is 32.2. The van der Waals surface area contributed by atoms with Crippen molar-refractivity contribution in [2.75, 3.05) is 17.7 Å². The van der Waals surface area contributed by atoms with Crippen molar-refractivity contribution in [1.29, 1.82) is 0 Å². The Morgan fingerprint density at radius 3 is 2.74 bits per heavy atom. The molecule has 1 heterocycles. The first kappa shape index (κ1) is 13.8. The molecular formula is C11H14N4O2S2. The second-order valence-corrected chi connectivity index (χ2v) is 6.36. The number of anilines is 2. The van der Waals surface area contributed by atoms with Gasteiger partial charge in [-0.15, -0.1) is 11.3 Å². The lowest BCUT2D eigenvalue weighted by molar-refractivity contribution is 0.597. The number of aromatic nitrogens is 1. The van der Waals surface area contributed by atoms with E-state index in [2.05, 4.69) is 4.98 Å². The van der Waals surface area contributed by atoms with Gasteiger partial charge in [0.25, 0.3) is 0 Å². The number of nitrogens with zero attached hydrogens (tertiary/aromatic N) is 2. The van der Waals surface area contributed by atoms with Crippen LogP contribution in [0, 0.1) is 0 Å². The van der Waals surface area contributed by atoms with E-state index in [9.17, 15) is 8.42 Å². The normalized spacial score (nSPS) is 11.5. The molecule has 0 bridgehead atoms. The van der Waals surface area contributed by atoms with Crippen molar-refractivity contribution in [1.82, 2.24) is 4.98 Å². The summed E-state index contributed by atoms with van der Waals surface area (Å²) in [5.41, 5.74) is 9.07. The van der Waals surface area contributed by atoms with Crippen LogP contribution >= 0.6 is 11.3 Å². The van der Waals surface area contributed by atoms with E-state index < -0.39 is 10.0 Å². The predicted molar refractivity (Wildman–Crippen MR) is 76.4 cm³/mol. The van der Waals surface area contributed by atoms with Gasteiger partial charge in [0.1, 0.15) is 4.90 Å². The lowest BCUT2D eigenvalue weighted by Gasteiger charge is -2.21. The van der Waals surface area contributed by atoms with Crippen LogP contribution in [0.1, 0.15) is 5.69 Å². The zero-order chi connectivity index (χ0) is 14.0. The van der Waals surface area contributed by atoms with Crippen LogP contribution in [0.5, 0.6) is 0 Å². The molecule has 0 spiro atoms. The maximum Gasteiger partial charge on any atom is 0.240 e. The maximum atomic E-state index is 11.6. The molecule has 6 nitrogen and oxygen atoms in total. The summed E-state index contributed by atoms with van der Waals surface area (Å²) in [5, 5.41) is 7.12. The summed E-state index contributed by atoms with van der Waals surface area (Å²) in [6.07, 6.45) is 0. The van der Waals surface area contributed by atoms with Gasteiger partial charge in [-0.2, -0.15) is 0 Å². The minimum absolute atomic E-state index is 0.0187. The molecule has 1 aromatic carbocycles. The fourth-order valence-corrected chi connectivity index (χ4v) is 3.08. The van der Waals surface area contributed by atoms with Crippen LogP contribution in [0.15, 0.2) is 34.0 Å². The molecule has 2 rings (SSSR count). The van der Waals surface area contributed by atoms with E-state index in [1.54, 1.807) is 29.6 Å². The van der Waals surface area contributed by atoms with E-state index in [1.807, 2.05) is 5.38 Å². The van der Waals surface area contributed by atoms with Crippen LogP contribution in [0.3, 0.4) is 0 Å². The van der Waals surface area contributed by atoms with E-state index in [0.717, 1.165) is 5.69 Å². The van der Waals surface area contributed by atoms with Crippen molar-refractivity contribution in [3.05, 3.63) is 34.8 Å². The maximum absolute atomic E-state index is 11.6. The Morgan fingerprint density at radius 2 is 2.16 bits per heavy atom. The zero-order valence-corrected chi connectivity index (χ0v) is 11.9. The summed E-state index contributed by atoms with van der Waals surface area (Å²) in [6.45, 7) is 0.496. The van der Waals surface area contributed by atoms with Crippen LogP contribution in [0.25, 0.3) is 0 Å². The third kappa shape index (κ3) is 3.22. The quantitative estimate of drug-likeness (QED) is 0.820. The third-order valence-corrected chi connectivity index (χ3v) is 4.16. The lowest BCUT2D eigenvalue weighted by atomic mass is 10.2. The highest BCUT2D eigenvalue weighted by Gasteiger charge is 2.17. The fraction of sp³-hybridized carbons (Fsp3) is 0.182. The Kier molecular flexibility index (Phi) is 3.74. The molecule has 0 saturated heterocycles. The summed E-state index contributed by atoms with van der Waals surface area (Å²) in [4.78, 5) is 5.95. The molecule has 0 atom stereocenters. The van der Waals surface area contributed by atoms with Crippen molar-refractivity contribution in [2.45, 2.75) is 11.4 Å². The van der Waals surface area contributed by atoms with Gasteiger partial charge in [0.05, 0.1) is 23.4 Å². The number of hydrogen-bond acceptors (Lipinski definition) is 6. The first-order valence-corrected chi connectivity index (χ1v) is 7.87.